The molecule has 0 aliphatic heterocycles. The number of nitrogens with zero attached hydrogens (tertiary/aromatic N) is 2. The highest BCUT2D eigenvalue weighted by Gasteiger charge is 2.39. The molecule has 12 heteroatoms. The molecule has 1 rings (SSSR count). The predicted molar refractivity (Wildman–Crippen MR) is 53.9 cm³/mol. The molecule has 0 bridgehead atoms. The molecule has 0 N–H and O–H groups in total. The summed E-state index contributed by atoms with van der Waals surface area (Å²) in [5.41, 5.74) is -2.88. The molecule has 0 atom stereocenters. The molecule has 1 aromatic rings. The van der Waals surface area contributed by atoms with Gasteiger partial charge in [0.15, 0.2) is 5.75 Å². The van der Waals surface area contributed by atoms with Gasteiger partial charge in [-0.25, -0.2) is 13.6 Å². The normalized spacial score (nSPS) is 11.4. The largest absolute Gasteiger partial charge is 0.573 e. The van der Waals surface area contributed by atoms with Crippen LogP contribution in [0.25, 0.3) is 0 Å². The summed E-state index contributed by atoms with van der Waals surface area (Å²) in [5.74, 6) is -4.44. The van der Waals surface area contributed by atoms with Crippen LogP contribution in [-0.2, 0) is 4.74 Å². The van der Waals surface area contributed by atoms with Crippen LogP contribution in [0.4, 0.5) is 27.8 Å². The van der Waals surface area contributed by atoms with Gasteiger partial charge in [-0.1, -0.05) is 0 Å². The maximum absolute atomic E-state index is 12.8. The average Bonchev–Trinajstić information content (AvgIpc) is 2.34. The Hall–Kier alpha value is -2.53. The van der Waals surface area contributed by atoms with Crippen LogP contribution in [0.5, 0.6) is 5.75 Å². The Kier molecular flexibility index (Phi) is 4.60. The van der Waals surface area contributed by atoms with Crippen molar-refractivity contribution in [3.05, 3.63) is 27.4 Å². The van der Waals surface area contributed by atoms with Crippen molar-refractivity contribution in [3.63, 3.8) is 0 Å². The first kappa shape index (κ1) is 16.5. The monoisotopic (exact) mass is 316 g/mol. The van der Waals surface area contributed by atoms with Crippen LogP contribution in [0.1, 0.15) is 22.5 Å². The number of pyridine rings is 1. The van der Waals surface area contributed by atoms with E-state index in [1.54, 1.807) is 0 Å². The van der Waals surface area contributed by atoms with E-state index in [0.29, 0.717) is 0 Å². The van der Waals surface area contributed by atoms with E-state index in [4.69, 9.17) is 0 Å². The number of methoxy groups -OCH3 is 1. The second kappa shape index (κ2) is 5.85. The summed E-state index contributed by atoms with van der Waals surface area (Å²) >= 11 is 0. The van der Waals surface area contributed by atoms with Crippen molar-refractivity contribution in [3.8, 4) is 5.75 Å². The molecule has 0 amide bonds. The van der Waals surface area contributed by atoms with E-state index in [9.17, 15) is 36.9 Å². The lowest BCUT2D eigenvalue weighted by molar-refractivity contribution is -0.389. The molecule has 0 aliphatic carbocycles. The lowest BCUT2D eigenvalue weighted by Crippen LogP contribution is -2.20. The van der Waals surface area contributed by atoms with Gasteiger partial charge >= 0.3 is 18.1 Å². The van der Waals surface area contributed by atoms with Gasteiger partial charge in [0, 0.05) is 0 Å². The van der Waals surface area contributed by atoms with Crippen molar-refractivity contribution in [1.29, 1.82) is 0 Å². The van der Waals surface area contributed by atoms with Crippen LogP contribution in [-0.4, -0.2) is 29.3 Å². The van der Waals surface area contributed by atoms with Gasteiger partial charge < -0.3 is 19.6 Å². The summed E-state index contributed by atoms with van der Waals surface area (Å²) in [6.45, 7) is 0. The molecule has 0 aromatic carbocycles. The second-order valence-electron chi connectivity index (χ2n) is 3.34. The summed E-state index contributed by atoms with van der Waals surface area (Å²) in [4.78, 5) is 23.5. The summed E-state index contributed by atoms with van der Waals surface area (Å²) in [5, 5.41) is 10.5. The summed E-state index contributed by atoms with van der Waals surface area (Å²) < 4.78 is 69.5. The molecule has 0 saturated heterocycles. The van der Waals surface area contributed by atoms with Crippen molar-refractivity contribution in [2.45, 2.75) is 12.8 Å². The second-order valence-corrected chi connectivity index (χ2v) is 3.34. The van der Waals surface area contributed by atoms with Gasteiger partial charge in [-0.05, 0) is 9.91 Å². The minimum absolute atomic E-state index is 0.0431. The number of hydrogen-bond acceptors (Lipinski definition) is 6. The third-order valence-electron chi connectivity index (χ3n) is 2.02. The maximum atomic E-state index is 12.8. The van der Waals surface area contributed by atoms with Gasteiger partial charge in [0.2, 0.25) is 0 Å². The maximum Gasteiger partial charge on any atom is 0.573 e. The van der Waals surface area contributed by atoms with E-state index in [1.807, 2.05) is 0 Å². The van der Waals surface area contributed by atoms with E-state index >= 15 is 0 Å². The molecule has 0 fully saturated rings. The molecule has 1 aromatic heterocycles. The molecule has 1 heterocycles. The zero-order valence-corrected chi connectivity index (χ0v) is 9.98. The van der Waals surface area contributed by atoms with Gasteiger partial charge in [0.05, 0.1) is 13.2 Å². The van der Waals surface area contributed by atoms with Gasteiger partial charge in [-0.15, -0.1) is 13.2 Å². The fraction of sp³-hybridized carbons (Fsp3) is 0.333. The highest BCUT2D eigenvalue weighted by molar-refractivity contribution is 5.90. The Morgan fingerprint density at radius 1 is 1.43 bits per heavy atom. The molecule has 21 heavy (non-hydrogen) atoms. The number of aromatic nitrogens is 1. The Labute approximate surface area is 112 Å². The van der Waals surface area contributed by atoms with Gasteiger partial charge in [-0.2, -0.15) is 0 Å². The summed E-state index contributed by atoms with van der Waals surface area (Å²) in [7, 11) is 0.738. The topological polar surface area (TPSA) is 91.6 Å². The number of nitro groups is 1. The quantitative estimate of drug-likeness (QED) is 0.367. The first-order valence-corrected chi connectivity index (χ1v) is 4.88. The summed E-state index contributed by atoms with van der Waals surface area (Å²) in [6, 6.07) is 0.0431. The highest BCUT2D eigenvalue weighted by Crippen LogP contribution is 2.37. The molecule has 0 aliphatic rings. The van der Waals surface area contributed by atoms with Gasteiger partial charge in [0.1, 0.15) is 5.56 Å². The summed E-state index contributed by atoms with van der Waals surface area (Å²) in [6.07, 6.45) is -9.00. The van der Waals surface area contributed by atoms with Crippen LogP contribution in [0.15, 0.2) is 6.07 Å². The number of carbonyl (C=O) groups is 1. The first-order valence-electron chi connectivity index (χ1n) is 4.88. The van der Waals surface area contributed by atoms with Gasteiger partial charge in [-0.3, -0.25) is 0 Å². The van der Waals surface area contributed by atoms with Crippen molar-refractivity contribution >= 4 is 11.8 Å². The number of carbonyl (C=O) groups excluding carboxylic acids is 1. The van der Waals surface area contributed by atoms with Crippen molar-refractivity contribution in [1.82, 2.24) is 4.98 Å². The third-order valence-corrected chi connectivity index (χ3v) is 2.02. The molecular formula is C9H5F5N2O5. The third kappa shape index (κ3) is 3.97. The Bertz CT molecular complexity index is 574. The molecule has 0 unspecified atom stereocenters. The van der Waals surface area contributed by atoms with Crippen LogP contribution < -0.4 is 4.74 Å². The molecule has 0 saturated carbocycles. The molecule has 0 radical (unpaired) electrons. The minimum Gasteiger partial charge on any atom is -0.463 e. The Balaban J connectivity index is 3.61. The molecule has 116 valence electrons. The van der Waals surface area contributed by atoms with Crippen LogP contribution in [0.2, 0.25) is 0 Å². The first-order chi connectivity index (χ1) is 9.56. The fourth-order valence-electron chi connectivity index (χ4n) is 1.28. The number of ether oxygens (including phenoxy) is 2. The van der Waals surface area contributed by atoms with Crippen LogP contribution in [0.3, 0.4) is 0 Å². The van der Waals surface area contributed by atoms with E-state index < -0.39 is 46.5 Å². The fourth-order valence-corrected chi connectivity index (χ4v) is 1.28. The lowest BCUT2D eigenvalue weighted by Gasteiger charge is -2.13. The number of alkyl halides is 5. The zero-order valence-electron chi connectivity index (χ0n) is 9.98. The zero-order chi connectivity index (χ0) is 16.4. The average molecular weight is 316 g/mol. The van der Waals surface area contributed by atoms with E-state index in [-0.39, 0.29) is 6.07 Å². The predicted octanol–water partition coefficient (Wildman–Crippen LogP) is 2.61. The lowest BCUT2D eigenvalue weighted by atomic mass is 10.1. The highest BCUT2D eigenvalue weighted by atomic mass is 19.4. The number of hydrogen-bond donors (Lipinski definition) is 0. The molecule has 0 spiro atoms. The Morgan fingerprint density at radius 2 is 2.00 bits per heavy atom. The molecular weight excluding hydrogens is 311 g/mol. The number of rotatable bonds is 4. The standard InChI is InChI=1S/C9H5F5N2O5/c1-20-8(17)6-5(7(10)11)3(21-9(12,13)14)2-4(15-6)16(18)19/h2,7H,1H3. The van der Waals surface area contributed by atoms with Crippen LogP contribution in [0, 0.1) is 10.1 Å². The number of esters is 1. The van der Waals surface area contributed by atoms with E-state index in [0.717, 1.165) is 7.11 Å². The van der Waals surface area contributed by atoms with Crippen molar-refractivity contribution < 1.29 is 41.1 Å². The van der Waals surface area contributed by atoms with Crippen molar-refractivity contribution in [2.75, 3.05) is 7.11 Å². The van der Waals surface area contributed by atoms with E-state index in [2.05, 4.69) is 14.5 Å². The molecule has 7 nitrogen and oxygen atoms in total. The van der Waals surface area contributed by atoms with Crippen LogP contribution >= 0.6 is 0 Å². The Morgan fingerprint density at radius 3 is 2.38 bits per heavy atom. The van der Waals surface area contributed by atoms with E-state index in [1.165, 1.54) is 0 Å². The minimum atomic E-state index is -5.40. The van der Waals surface area contributed by atoms with Gasteiger partial charge in [0.25, 0.3) is 12.1 Å². The SMILES string of the molecule is COC(=O)c1nc([N+](=O)[O-])cc(OC(F)(F)F)c1C(F)F. The van der Waals surface area contributed by atoms with Crippen molar-refractivity contribution in [2.24, 2.45) is 0 Å². The number of halogens is 5. The smallest absolute Gasteiger partial charge is 0.463 e.